The zero-order valence-electron chi connectivity index (χ0n) is 17.4. The first-order valence-corrected chi connectivity index (χ1v) is 9.93. The van der Waals surface area contributed by atoms with Crippen LogP contribution in [-0.4, -0.2) is 31.8 Å². The molecule has 1 atom stereocenters. The maximum absolute atomic E-state index is 13.4. The van der Waals surface area contributed by atoms with Crippen LogP contribution in [0.2, 0.25) is 0 Å². The van der Waals surface area contributed by atoms with Crippen LogP contribution in [0.1, 0.15) is 25.5 Å². The van der Waals surface area contributed by atoms with Gasteiger partial charge in [0, 0.05) is 11.3 Å². The molecule has 30 heavy (non-hydrogen) atoms. The third-order valence-electron chi connectivity index (χ3n) is 4.69. The number of carbonyl (C=O) groups is 1. The van der Waals surface area contributed by atoms with Crippen molar-refractivity contribution in [3.8, 4) is 17.2 Å². The quantitative estimate of drug-likeness (QED) is 0.583. The number of ether oxygens (including phenoxy) is 3. The van der Waals surface area contributed by atoms with E-state index in [-0.39, 0.29) is 5.91 Å². The predicted molar refractivity (Wildman–Crippen MR) is 120 cm³/mol. The third-order valence-corrected chi connectivity index (χ3v) is 4.91. The number of rotatable bonds is 7. The van der Waals surface area contributed by atoms with E-state index in [1.807, 2.05) is 44.2 Å². The second-order valence-electron chi connectivity index (χ2n) is 6.54. The molecule has 158 valence electrons. The number of hydrogen-bond acceptors (Lipinski definition) is 5. The van der Waals surface area contributed by atoms with Crippen LogP contribution in [0, 0.1) is 0 Å². The van der Waals surface area contributed by atoms with E-state index in [0.29, 0.717) is 45.9 Å². The summed E-state index contributed by atoms with van der Waals surface area (Å²) in [6.45, 7) is 4.21. The molecule has 1 aliphatic rings. The summed E-state index contributed by atoms with van der Waals surface area (Å²) in [5, 5.41) is 9.60. The molecule has 7 nitrogen and oxygen atoms in total. The van der Waals surface area contributed by atoms with E-state index >= 15 is 0 Å². The topological polar surface area (TPSA) is 80.9 Å². The van der Waals surface area contributed by atoms with Gasteiger partial charge in [-0.1, -0.05) is 24.3 Å². The average Bonchev–Trinajstić information content (AvgIpc) is 2.73. The summed E-state index contributed by atoms with van der Waals surface area (Å²) in [5.41, 5.74) is 2.47. The van der Waals surface area contributed by atoms with Crippen LogP contribution in [0.4, 0.5) is 5.69 Å². The molecule has 0 saturated heterocycles. The number of anilines is 1. The Labute approximate surface area is 181 Å². The Kier molecular flexibility index (Phi) is 6.79. The number of thiocarbonyl (C=S) groups is 1. The van der Waals surface area contributed by atoms with Gasteiger partial charge in [-0.05, 0) is 44.3 Å². The van der Waals surface area contributed by atoms with Gasteiger partial charge >= 0.3 is 0 Å². The van der Waals surface area contributed by atoms with Crippen LogP contribution in [0.3, 0.4) is 0 Å². The van der Waals surface area contributed by atoms with Crippen LogP contribution in [-0.2, 0) is 4.79 Å². The van der Waals surface area contributed by atoms with Crippen molar-refractivity contribution in [3.05, 3.63) is 59.3 Å². The van der Waals surface area contributed by atoms with Gasteiger partial charge in [0.05, 0.1) is 38.1 Å². The van der Waals surface area contributed by atoms with Gasteiger partial charge in [0.2, 0.25) is 0 Å². The highest BCUT2D eigenvalue weighted by atomic mass is 32.1. The minimum atomic E-state index is -0.525. The SMILES string of the molecule is CCOc1ccccc1NC(=O)C1=C(C)NC(=S)N[C@@H]1c1cccc(OC)c1OC. The normalized spacial score (nSPS) is 15.7. The van der Waals surface area contributed by atoms with Crippen molar-refractivity contribution in [3.63, 3.8) is 0 Å². The maximum Gasteiger partial charge on any atom is 0.255 e. The van der Waals surface area contributed by atoms with Crippen LogP contribution >= 0.6 is 12.2 Å². The number of carbonyl (C=O) groups excluding carboxylic acids is 1. The van der Waals surface area contributed by atoms with Crippen LogP contribution < -0.4 is 30.2 Å². The zero-order chi connectivity index (χ0) is 21.7. The molecule has 1 heterocycles. The second-order valence-corrected chi connectivity index (χ2v) is 6.94. The lowest BCUT2D eigenvalue weighted by Gasteiger charge is -2.31. The van der Waals surface area contributed by atoms with Gasteiger partial charge in [-0.25, -0.2) is 0 Å². The molecule has 0 bridgehead atoms. The van der Waals surface area contributed by atoms with E-state index in [1.165, 1.54) is 0 Å². The summed E-state index contributed by atoms with van der Waals surface area (Å²) in [5.74, 6) is 1.43. The van der Waals surface area contributed by atoms with Crippen LogP contribution in [0.25, 0.3) is 0 Å². The summed E-state index contributed by atoms with van der Waals surface area (Å²) in [6.07, 6.45) is 0. The number of hydrogen-bond donors (Lipinski definition) is 3. The first kappa shape index (κ1) is 21.4. The molecular weight excluding hydrogens is 402 g/mol. The zero-order valence-corrected chi connectivity index (χ0v) is 18.2. The lowest BCUT2D eigenvalue weighted by molar-refractivity contribution is -0.113. The molecule has 3 N–H and O–H groups in total. The molecule has 0 radical (unpaired) electrons. The third kappa shape index (κ3) is 4.33. The number of amides is 1. The average molecular weight is 428 g/mol. The van der Waals surface area contributed by atoms with E-state index in [1.54, 1.807) is 26.4 Å². The largest absolute Gasteiger partial charge is 0.493 e. The summed E-state index contributed by atoms with van der Waals surface area (Å²) in [6, 6.07) is 12.3. The highest BCUT2D eigenvalue weighted by Crippen LogP contribution is 2.39. The summed E-state index contributed by atoms with van der Waals surface area (Å²) >= 11 is 5.34. The minimum Gasteiger partial charge on any atom is -0.493 e. The van der Waals surface area contributed by atoms with Crippen molar-refractivity contribution in [2.45, 2.75) is 19.9 Å². The number of allylic oxidation sites excluding steroid dienone is 1. The Morgan fingerprint density at radius 1 is 1.10 bits per heavy atom. The van der Waals surface area contributed by atoms with Crippen LogP contribution in [0.15, 0.2) is 53.7 Å². The first-order chi connectivity index (χ1) is 14.5. The summed E-state index contributed by atoms with van der Waals surface area (Å²) < 4.78 is 16.6. The molecule has 0 saturated carbocycles. The maximum atomic E-state index is 13.4. The van der Waals surface area contributed by atoms with Crippen molar-refractivity contribution < 1.29 is 19.0 Å². The molecule has 0 spiro atoms. The van der Waals surface area contributed by atoms with Gasteiger partial charge in [-0.15, -0.1) is 0 Å². The van der Waals surface area contributed by atoms with Crippen molar-refractivity contribution in [2.24, 2.45) is 0 Å². The molecule has 0 aromatic heterocycles. The summed E-state index contributed by atoms with van der Waals surface area (Å²) in [4.78, 5) is 13.4. The fraction of sp³-hybridized carbons (Fsp3) is 0.273. The van der Waals surface area contributed by atoms with Gasteiger partial charge < -0.3 is 30.2 Å². The molecule has 0 aliphatic carbocycles. The Morgan fingerprint density at radius 2 is 1.83 bits per heavy atom. The highest BCUT2D eigenvalue weighted by Gasteiger charge is 2.33. The molecule has 2 aromatic carbocycles. The van der Waals surface area contributed by atoms with E-state index in [0.717, 1.165) is 5.56 Å². The predicted octanol–water partition coefficient (Wildman–Crippen LogP) is 3.53. The number of para-hydroxylation sites is 3. The standard InChI is InChI=1S/C22H25N3O4S/c1-5-29-16-11-7-6-10-15(16)24-21(26)18-13(2)23-22(30)25-19(18)14-9-8-12-17(27-3)20(14)28-4/h6-12,19H,5H2,1-4H3,(H,24,26)(H2,23,25,30)/t19-/m1/s1. The number of benzene rings is 2. The highest BCUT2D eigenvalue weighted by molar-refractivity contribution is 7.80. The molecule has 8 heteroatoms. The minimum absolute atomic E-state index is 0.281. The van der Waals surface area contributed by atoms with Crippen molar-refractivity contribution in [1.29, 1.82) is 0 Å². The van der Waals surface area contributed by atoms with Crippen LogP contribution in [0.5, 0.6) is 17.2 Å². The van der Waals surface area contributed by atoms with E-state index in [4.69, 9.17) is 26.4 Å². The monoisotopic (exact) mass is 427 g/mol. The Hall–Kier alpha value is -3.26. The van der Waals surface area contributed by atoms with Gasteiger partial charge in [0.25, 0.3) is 5.91 Å². The van der Waals surface area contributed by atoms with Crippen molar-refractivity contribution in [2.75, 3.05) is 26.1 Å². The number of methoxy groups -OCH3 is 2. The fourth-order valence-electron chi connectivity index (χ4n) is 3.41. The molecule has 1 aliphatic heterocycles. The molecule has 3 rings (SSSR count). The summed E-state index contributed by atoms with van der Waals surface area (Å²) in [7, 11) is 3.14. The molecular formula is C22H25N3O4S. The molecule has 2 aromatic rings. The fourth-order valence-corrected chi connectivity index (χ4v) is 3.68. The van der Waals surface area contributed by atoms with Gasteiger partial charge in [0.1, 0.15) is 5.75 Å². The Balaban J connectivity index is 2.02. The van der Waals surface area contributed by atoms with Gasteiger partial charge in [-0.3, -0.25) is 4.79 Å². The van der Waals surface area contributed by atoms with E-state index in [9.17, 15) is 4.79 Å². The van der Waals surface area contributed by atoms with Gasteiger partial charge in [-0.2, -0.15) is 0 Å². The molecule has 1 amide bonds. The smallest absolute Gasteiger partial charge is 0.255 e. The van der Waals surface area contributed by atoms with E-state index in [2.05, 4.69) is 16.0 Å². The lowest BCUT2D eigenvalue weighted by Crippen LogP contribution is -2.45. The van der Waals surface area contributed by atoms with Crippen molar-refractivity contribution in [1.82, 2.24) is 10.6 Å². The second kappa shape index (κ2) is 9.49. The molecule has 0 unspecified atom stereocenters. The lowest BCUT2D eigenvalue weighted by atomic mass is 9.93. The van der Waals surface area contributed by atoms with Gasteiger partial charge in [0.15, 0.2) is 16.6 Å². The number of nitrogens with one attached hydrogen (secondary N) is 3. The molecule has 0 fully saturated rings. The van der Waals surface area contributed by atoms with E-state index < -0.39 is 6.04 Å². The Bertz CT molecular complexity index is 990. The first-order valence-electron chi connectivity index (χ1n) is 9.52. The Morgan fingerprint density at radius 3 is 2.53 bits per heavy atom. The van der Waals surface area contributed by atoms with Crippen molar-refractivity contribution >= 4 is 28.9 Å².